The Morgan fingerprint density at radius 2 is 2.11 bits per heavy atom. The van der Waals surface area contributed by atoms with Crippen molar-refractivity contribution in [2.24, 2.45) is 0 Å². The van der Waals surface area contributed by atoms with Crippen LogP contribution in [0.5, 0.6) is 0 Å². The van der Waals surface area contributed by atoms with Gasteiger partial charge in [-0.25, -0.2) is 4.79 Å². The highest BCUT2D eigenvalue weighted by atomic mass is 16.4. The van der Waals surface area contributed by atoms with E-state index in [2.05, 4.69) is 10.3 Å². The molecule has 3 N–H and O–H groups in total. The van der Waals surface area contributed by atoms with E-state index in [0.717, 1.165) is 0 Å². The summed E-state index contributed by atoms with van der Waals surface area (Å²) < 4.78 is 4.86. The maximum Gasteiger partial charge on any atom is 0.329 e. The molecule has 0 unspecified atom stereocenters. The van der Waals surface area contributed by atoms with Crippen molar-refractivity contribution in [3.63, 3.8) is 0 Å². The third-order valence-corrected chi connectivity index (χ3v) is 1.89. The lowest BCUT2D eigenvalue weighted by atomic mass is 10.2. The number of nitrogens with zero attached hydrogens (tertiary/aromatic N) is 1. The van der Waals surface area contributed by atoms with Gasteiger partial charge in [0, 0.05) is 12.8 Å². The smallest absolute Gasteiger partial charge is 0.329 e. The highest BCUT2D eigenvalue weighted by Gasteiger charge is 2.10. The summed E-state index contributed by atoms with van der Waals surface area (Å²) in [6.07, 6.45) is 1.37. The molecule has 1 aromatic heterocycles. The number of nitrogens with one attached hydrogen (secondary N) is 2. The molecule has 0 saturated carbocycles. The monoisotopic (exact) mass is 255 g/mol. The van der Waals surface area contributed by atoms with Gasteiger partial charge in [0.2, 0.25) is 5.91 Å². The standard InChI is InChI=1S/C10H13N3O5/c1-6-5-18-10(11-6)13-9(17)12-7(14)3-2-4-8(15)16/h5H,2-4H2,1H3,(H,15,16)(H2,11,12,13,14,17). The summed E-state index contributed by atoms with van der Waals surface area (Å²) in [5.41, 5.74) is 0.595. The summed E-state index contributed by atoms with van der Waals surface area (Å²) in [6.45, 7) is 1.68. The second-order valence-electron chi connectivity index (χ2n) is 3.54. The topological polar surface area (TPSA) is 122 Å². The van der Waals surface area contributed by atoms with E-state index in [1.54, 1.807) is 6.92 Å². The number of urea groups is 1. The predicted octanol–water partition coefficient (Wildman–Crippen LogP) is 0.886. The summed E-state index contributed by atoms with van der Waals surface area (Å²) in [6, 6.07) is -0.777. The van der Waals surface area contributed by atoms with E-state index >= 15 is 0 Å². The third kappa shape index (κ3) is 5.10. The number of rotatable bonds is 5. The first-order chi connectivity index (χ1) is 8.47. The van der Waals surface area contributed by atoms with E-state index < -0.39 is 17.9 Å². The van der Waals surface area contributed by atoms with Crippen molar-refractivity contribution in [2.45, 2.75) is 26.2 Å². The lowest BCUT2D eigenvalue weighted by molar-refractivity contribution is -0.137. The van der Waals surface area contributed by atoms with Crippen LogP contribution in [0.3, 0.4) is 0 Å². The van der Waals surface area contributed by atoms with Crippen LogP contribution in [0.15, 0.2) is 10.7 Å². The van der Waals surface area contributed by atoms with Crippen LogP contribution in [0, 0.1) is 6.92 Å². The molecule has 8 nitrogen and oxygen atoms in total. The fraction of sp³-hybridized carbons (Fsp3) is 0.400. The van der Waals surface area contributed by atoms with E-state index in [0.29, 0.717) is 5.69 Å². The molecule has 0 radical (unpaired) electrons. The second-order valence-corrected chi connectivity index (χ2v) is 3.54. The van der Waals surface area contributed by atoms with Crippen molar-refractivity contribution in [2.75, 3.05) is 5.32 Å². The number of oxazole rings is 1. The normalized spacial score (nSPS) is 9.83. The zero-order valence-electron chi connectivity index (χ0n) is 9.73. The summed E-state index contributed by atoms with van der Waals surface area (Å²) in [7, 11) is 0. The predicted molar refractivity (Wildman–Crippen MR) is 59.9 cm³/mol. The van der Waals surface area contributed by atoms with Crippen LogP contribution < -0.4 is 10.6 Å². The molecule has 0 aliphatic rings. The van der Waals surface area contributed by atoms with Crippen LogP contribution in [0.1, 0.15) is 25.0 Å². The average molecular weight is 255 g/mol. The summed E-state index contributed by atoms with van der Waals surface area (Å²) >= 11 is 0. The number of aryl methyl sites for hydroxylation is 1. The Morgan fingerprint density at radius 1 is 1.39 bits per heavy atom. The molecule has 0 fully saturated rings. The van der Waals surface area contributed by atoms with Crippen LogP contribution >= 0.6 is 0 Å². The Hall–Kier alpha value is -2.38. The number of aliphatic carboxylic acids is 1. The van der Waals surface area contributed by atoms with Crippen LogP contribution in [-0.2, 0) is 9.59 Å². The first-order valence-electron chi connectivity index (χ1n) is 5.22. The number of imide groups is 1. The average Bonchev–Trinajstić information content (AvgIpc) is 2.62. The molecule has 1 aromatic rings. The lowest BCUT2D eigenvalue weighted by Crippen LogP contribution is -2.34. The van der Waals surface area contributed by atoms with Gasteiger partial charge >= 0.3 is 18.0 Å². The number of carboxylic acid groups (broad SMARTS) is 1. The van der Waals surface area contributed by atoms with E-state index in [1.807, 2.05) is 5.32 Å². The zero-order valence-corrected chi connectivity index (χ0v) is 9.73. The molecule has 0 saturated heterocycles. The molecule has 1 rings (SSSR count). The molecule has 18 heavy (non-hydrogen) atoms. The van der Waals surface area contributed by atoms with Crippen molar-refractivity contribution in [3.05, 3.63) is 12.0 Å². The number of hydrogen-bond acceptors (Lipinski definition) is 5. The third-order valence-electron chi connectivity index (χ3n) is 1.89. The maximum atomic E-state index is 11.3. The summed E-state index contributed by atoms with van der Waals surface area (Å²) in [4.78, 5) is 36.5. The summed E-state index contributed by atoms with van der Waals surface area (Å²) in [5.74, 6) is -1.54. The molecule has 0 atom stereocenters. The van der Waals surface area contributed by atoms with Gasteiger partial charge in [-0.1, -0.05) is 0 Å². The van der Waals surface area contributed by atoms with Crippen LogP contribution in [0.2, 0.25) is 0 Å². The van der Waals surface area contributed by atoms with Crippen LogP contribution in [-0.4, -0.2) is 28.0 Å². The maximum absolute atomic E-state index is 11.3. The van der Waals surface area contributed by atoms with E-state index in [1.165, 1.54) is 6.26 Å². The van der Waals surface area contributed by atoms with Gasteiger partial charge in [0.05, 0.1) is 5.69 Å². The number of anilines is 1. The van der Waals surface area contributed by atoms with Gasteiger partial charge in [-0.15, -0.1) is 0 Å². The molecule has 0 aliphatic heterocycles. The quantitative estimate of drug-likeness (QED) is 0.718. The van der Waals surface area contributed by atoms with Crippen molar-refractivity contribution in [1.82, 2.24) is 10.3 Å². The van der Waals surface area contributed by atoms with Crippen molar-refractivity contribution < 1.29 is 23.9 Å². The fourth-order valence-electron chi connectivity index (χ4n) is 1.13. The first kappa shape index (κ1) is 13.7. The Labute approximate surface area is 102 Å². The largest absolute Gasteiger partial charge is 0.481 e. The van der Waals surface area contributed by atoms with Gasteiger partial charge in [-0.05, 0) is 13.3 Å². The molecule has 8 heteroatoms. The van der Waals surface area contributed by atoms with Gasteiger partial charge < -0.3 is 9.52 Å². The number of amides is 3. The SMILES string of the molecule is Cc1coc(NC(=O)NC(=O)CCCC(=O)O)n1. The molecule has 98 valence electrons. The van der Waals surface area contributed by atoms with Crippen molar-refractivity contribution in [1.29, 1.82) is 0 Å². The molecular formula is C10H13N3O5. The fourth-order valence-corrected chi connectivity index (χ4v) is 1.13. The number of hydrogen-bond donors (Lipinski definition) is 3. The highest BCUT2D eigenvalue weighted by Crippen LogP contribution is 2.05. The minimum absolute atomic E-state index is 0.0108. The number of carboxylic acids is 1. The lowest BCUT2D eigenvalue weighted by Gasteiger charge is -2.02. The zero-order chi connectivity index (χ0) is 13.5. The summed E-state index contributed by atoms with van der Waals surface area (Å²) in [5, 5.41) is 12.6. The Balaban J connectivity index is 2.27. The molecular weight excluding hydrogens is 242 g/mol. The Kier molecular flexibility index (Phi) is 4.85. The number of carbonyl (C=O) groups excluding carboxylic acids is 2. The Morgan fingerprint density at radius 3 is 2.67 bits per heavy atom. The van der Waals surface area contributed by atoms with Gasteiger partial charge in [0.15, 0.2) is 0 Å². The van der Waals surface area contributed by atoms with E-state index in [-0.39, 0.29) is 25.3 Å². The molecule has 3 amide bonds. The van der Waals surface area contributed by atoms with Crippen LogP contribution in [0.4, 0.5) is 10.8 Å². The number of carbonyl (C=O) groups is 3. The Bertz CT molecular complexity index is 454. The molecule has 0 aliphatic carbocycles. The van der Waals surface area contributed by atoms with Crippen molar-refractivity contribution >= 4 is 23.9 Å². The minimum Gasteiger partial charge on any atom is -0.481 e. The molecule has 0 aromatic carbocycles. The second kappa shape index (κ2) is 6.38. The minimum atomic E-state index is -0.984. The molecule has 0 spiro atoms. The molecule has 0 bridgehead atoms. The first-order valence-corrected chi connectivity index (χ1v) is 5.22. The molecule has 1 heterocycles. The highest BCUT2D eigenvalue weighted by molar-refractivity contribution is 6.00. The van der Waals surface area contributed by atoms with Crippen molar-refractivity contribution in [3.8, 4) is 0 Å². The van der Waals surface area contributed by atoms with E-state index in [9.17, 15) is 14.4 Å². The van der Waals surface area contributed by atoms with Gasteiger partial charge in [0.1, 0.15) is 6.26 Å². The van der Waals surface area contributed by atoms with Gasteiger partial charge in [0.25, 0.3) is 0 Å². The van der Waals surface area contributed by atoms with Gasteiger partial charge in [-0.2, -0.15) is 4.98 Å². The van der Waals surface area contributed by atoms with E-state index in [4.69, 9.17) is 9.52 Å². The number of aromatic nitrogens is 1. The van der Waals surface area contributed by atoms with Gasteiger partial charge in [-0.3, -0.25) is 20.2 Å². The van der Waals surface area contributed by atoms with Crippen LogP contribution in [0.25, 0.3) is 0 Å².